The fraction of sp³-hybridized carbons (Fsp3) is 0.269. The van der Waals surface area contributed by atoms with Crippen molar-refractivity contribution >= 4 is 28.1 Å². The maximum atomic E-state index is 14.3. The summed E-state index contributed by atoms with van der Waals surface area (Å²) in [6, 6.07) is 2.42. The lowest BCUT2D eigenvalue weighted by molar-refractivity contribution is -0.114. The standard InChI is InChI=1S/C26H27FN4O2/c1-5-33-25-14-24-22(13-18(25)12-21(32)7-6-10-31(3)4)26(19(15-28)16-29-24)30-20-8-9-23(27)17(2)11-20/h6-9,11,13-14,16H,5,10,12H2,1-4H3,(H,29,30)/b7-6+/i3D3,5D2,7D,8D,9D,11D. The molecule has 2 aromatic carbocycles. The minimum absolute atomic E-state index is 0.0376. The lowest BCUT2D eigenvalue weighted by Gasteiger charge is -2.15. The first-order valence-electron chi connectivity index (χ1n) is 14.3. The van der Waals surface area contributed by atoms with Crippen LogP contribution in [-0.2, 0) is 11.2 Å². The van der Waals surface area contributed by atoms with Gasteiger partial charge in [-0.25, -0.2) is 4.39 Å². The molecule has 0 unspecified atom stereocenters. The highest BCUT2D eigenvalue weighted by Crippen LogP contribution is 2.34. The molecular formula is C26H27FN4O2. The minimum Gasteiger partial charge on any atom is -0.494 e. The van der Waals surface area contributed by atoms with Crippen molar-refractivity contribution in [2.45, 2.75) is 20.3 Å². The van der Waals surface area contributed by atoms with E-state index in [2.05, 4.69) is 10.3 Å². The van der Waals surface area contributed by atoms with Gasteiger partial charge in [0.05, 0.1) is 31.6 Å². The van der Waals surface area contributed by atoms with Gasteiger partial charge < -0.3 is 15.0 Å². The minimum atomic E-state index is -2.43. The number of nitriles is 1. The van der Waals surface area contributed by atoms with E-state index >= 15 is 0 Å². The van der Waals surface area contributed by atoms with E-state index in [9.17, 15) is 14.4 Å². The molecule has 0 fully saturated rings. The topological polar surface area (TPSA) is 78.3 Å². The number of likely N-dealkylation sites (N-methyl/N-ethyl adjacent to an activating group) is 1. The number of fused-ring (bicyclic) bond motifs is 1. The molecule has 1 N–H and O–H groups in total. The molecule has 33 heavy (non-hydrogen) atoms. The molecule has 0 saturated carbocycles. The highest BCUT2D eigenvalue weighted by atomic mass is 19.1. The van der Waals surface area contributed by atoms with Crippen LogP contribution in [0, 0.1) is 24.1 Å². The number of carbonyl (C=O) groups is 1. The van der Waals surface area contributed by atoms with Gasteiger partial charge in [0.2, 0.25) is 0 Å². The summed E-state index contributed by atoms with van der Waals surface area (Å²) in [4.78, 5) is 18.2. The lowest BCUT2D eigenvalue weighted by Crippen LogP contribution is -2.11. The highest BCUT2D eigenvalue weighted by Gasteiger charge is 2.16. The third kappa shape index (κ3) is 5.93. The number of nitrogens with zero attached hydrogens (tertiary/aromatic N) is 3. The average molecular weight is 456 g/mol. The molecule has 7 heteroatoms. The van der Waals surface area contributed by atoms with Crippen molar-refractivity contribution in [3.63, 3.8) is 0 Å². The Morgan fingerprint density at radius 3 is 3.06 bits per heavy atom. The van der Waals surface area contributed by atoms with Crippen LogP contribution in [0.4, 0.5) is 15.8 Å². The number of hydrogen-bond acceptors (Lipinski definition) is 6. The molecule has 0 spiro atoms. The highest BCUT2D eigenvalue weighted by molar-refractivity contribution is 5.98. The Morgan fingerprint density at radius 1 is 1.52 bits per heavy atom. The predicted molar refractivity (Wildman–Crippen MR) is 128 cm³/mol. The Bertz CT molecular complexity index is 1600. The maximum Gasteiger partial charge on any atom is 0.159 e. The molecule has 0 aliphatic carbocycles. The number of allylic oxidation sites excluding steroid dienone is 1. The summed E-state index contributed by atoms with van der Waals surface area (Å²) >= 11 is 0. The van der Waals surface area contributed by atoms with E-state index in [0.29, 0.717) is 0 Å². The molecule has 0 bridgehead atoms. The SMILES string of the molecule is [2H]/C(=C\CN(C)C([2H])([2H])[2H])C(=O)Cc1cc2c(Nc3c([2H])c([2H])c(F)c(C)c3[2H])c(C#N)cnc2cc1OC([2H])([2H])C. The van der Waals surface area contributed by atoms with Gasteiger partial charge in [-0.3, -0.25) is 9.78 Å². The molecule has 0 radical (unpaired) electrons. The summed E-state index contributed by atoms with van der Waals surface area (Å²) in [7, 11) is 1.31. The number of rotatable bonds is 9. The van der Waals surface area contributed by atoms with Crippen molar-refractivity contribution in [1.82, 2.24) is 9.88 Å². The van der Waals surface area contributed by atoms with Crippen molar-refractivity contribution in [2.24, 2.45) is 0 Å². The third-order valence-corrected chi connectivity index (χ3v) is 4.55. The quantitative estimate of drug-likeness (QED) is 0.461. The predicted octanol–water partition coefficient (Wildman–Crippen LogP) is 4.93. The second-order valence-corrected chi connectivity index (χ2v) is 7.08. The van der Waals surface area contributed by atoms with Crippen molar-refractivity contribution < 1.29 is 26.3 Å². The molecule has 0 aliphatic rings. The second kappa shape index (κ2) is 10.7. The van der Waals surface area contributed by atoms with Gasteiger partial charge in [0, 0.05) is 46.0 Å². The fourth-order valence-corrected chi connectivity index (χ4v) is 3.02. The first-order chi connectivity index (χ1) is 19.4. The van der Waals surface area contributed by atoms with Crippen LogP contribution in [0.25, 0.3) is 10.9 Å². The molecule has 1 aromatic heterocycles. The van der Waals surface area contributed by atoms with Crippen LogP contribution in [0.1, 0.15) is 36.0 Å². The third-order valence-electron chi connectivity index (χ3n) is 4.55. The number of carbonyl (C=O) groups excluding carboxylic acids is 1. The van der Waals surface area contributed by atoms with Gasteiger partial charge in [-0.2, -0.15) is 5.26 Å². The van der Waals surface area contributed by atoms with E-state index in [-0.39, 0.29) is 51.3 Å². The van der Waals surface area contributed by atoms with Gasteiger partial charge >= 0.3 is 0 Å². The first-order valence-corrected chi connectivity index (χ1v) is 9.84. The zero-order chi connectivity index (χ0) is 31.7. The van der Waals surface area contributed by atoms with E-state index in [1.807, 2.05) is 6.07 Å². The normalized spacial score (nSPS) is 16.2. The van der Waals surface area contributed by atoms with Crippen molar-refractivity contribution in [2.75, 3.05) is 32.4 Å². The average Bonchev–Trinajstić information content (AvgIpc) is 2.90. The molecule has 0 aliphatic heterocycles. The van der Waals surface area contributed by atoms with Crippen molar-refractivity contribution in [1.29, 1.82) is 5.26 Å². The van der Waals surface area contributed by atoms with Crippen LogP contribution in [0.3, 0.4) is 0 Å². The van der Waals surface area contributed by atoms with E-state index in [1.165, 1.54) is 32.3 Å². The number of benzene rings is 2. The van der Waals surface area contributed by atoms with Gasteiger partial charge in [-0.1, -0.05) is 6.08 Å². The molecule has 0 amide bonds. The Kier molecular flexibility index (Phi) is 4.67. The summed E-state index contributed by atoms with van der Waals surface area (Å²) in [5.41, 5.74) is -0.136. The zero-order valence-corrected chi connectivity index (χ0v) is 18.3. The molecule has 3 aromatic rings. The fourth-order valence-electron chi connectivity index (χ4n) is 3.02. The number of anilines is 2. The van der Waals surface area contributed by atoms with Gasteiger partial charge in [-0.15, -0.1) is 0 Å². The van der Waals surface area contributed by atoms with Crippen LogP contribution < -0.4 is 10.1 Å². The first kappa shape index (κ1) is 14.4. The van der Waals surface area contributed by atoms with Crippen LogP contribution in [0.2, 0.25) is 0 Å². The van der Waals surface area contributed by atoms with Crippen molar-refractivity contribution in [3.8, 4) is 11.8 Å². The van der Waals surface area contributed by atoms with Gasteiger partial charge in [0.1, 0.15) is 17.6 Å². The van der Waals surface area contributed by atoms with E-state index in [4.69, 9.17) is 17.1 Å². The number of aromatic nitrogens is 1. The number of ketones is 1. The maximum absolute atomic E-state index is 14.3. The molecule has 0 saturated heterocycles. The second-order valence-electron chi connectivity index (χ2n) is 7.08. The molecule has 3 rings (SSSR count). The number of halogens is 1. The molecule has 1 heterocycles. The monoisotopic (exact) mass is 455 g/mol. The van der Waals surface area contributed by atoms with Gasteiger partial charge in [0.25, 0.3) is 0 Å². The summed E-state index contributed by atoms with van der Waals surface area (Å²) in [6.45, 7) is -2.39. The van der Waals surface area contributed by atoms with Crippen molar-refractivity contribution in [3.05, 3.63) is 71.1 Å². The largest absolute Gasteiger partial charge is 0.494 e. The summed E-state index contributed by atoms with van der Waals surface area (Å²) in [6.07, 6.45) is 1.86. The van der Waals surface area contributed by atoms with Gasteiger partial charge in [0.15, 0.2) is 5.78 Å². The number of nitrogens with one attached hydrogen (secondary N) is 1. The number of ether oxygens (including phenoxy) is 1. The molecule has 6 nitrogen and oxygen atoms in total. The molecule has 170 valence electrons. The van der Waals surface area contributed by atoms with Crippen LogP contribution in [0.5, 0.6) is 5.75 Å². The van der Waals surface area contributed by atoms with Crippen LogP contribution in [-0.4, -0.2) is 42.8 Å². The van der Waals surface area contributed by atoms with E-state index in [0.717, 1.165) is 17.9 Å². The smallest absolute Gasteiger partial charge is 0.159 e. The van der Waals surface area contributed by atoms with Crippen LogP contribution >= 0.6 is 0 Å². The zero-order valence-electron chi connectivity index (χ0n) is 27.3. The Labute approximate surface area is 206 Å². The Balaban J connectivity index is 2.18. The Hall–Kier alpha value is -3.76. The summed E-state index contributed by atoms with van der Waals surface area (Å²) in [5.74, 6) is -1.83. The molecule has 0 atom stereocenters. The van der Waals surface area contributed by atoms with E-state index in [1.54, 1.807) is 0 Å². The van der Waals surface area contributed by atoms with Gasteiger partial charge in [-0.05, 0) is 63.7 Å². The molecular weight excluding hydrogens is 419 g/mol. The lowest BCUT2D eigenvalue weighted by atomic mass is 10.0. The number of pyridine rings is 1. The van der Waals surface area contributed by atoms with Crippen LogP contribution in [0.15, 0.2) is 48.6 Å². The number of hydrogen-bond donors (Lipinski definition) is 1. The Morgan fingerprint density at radius 2 is 2.33 bits per heavy atom. The van der Waals surface area contributed by atoms with E-state index < -0.39 is 55.7 Å². The summed E-state index contributed by atoms with van der Waals surface area (Å²) < 4.78 is 90.2. The summed E-state index contributed by atoms with van der Waals surface area (Å²) in [5, 5.41) is 12.8.